The average Bonchev–Trinajstić information content (AvgIpc) is 2.50. The zero-order chi connectivity index (χ0) is 8.81. The van der Waals surface area contributed by atoms with E-state index in [1.165, 1.54) is 19.3 Å². The quantitative estimate of drug-likeness (QED) is 0.622. The first kappa shape index (κ1) is 9.96. The maximum absolute atomic E-state index is 8.80. The Labute approximate surface area is 74.5 Å². The van der Waals surface area contributed by atoms with Crippen LogP contribution < -0.4 is 5.73 Å². The third kappa shape index (κ3) is 2.73. The van der Waals surface area contributed by atoms with Crippen LogP contribution in [0, 0.1) is 0 Å². The van der Waals surface area contributed by atoms with Crippen LogP contribution in [0.15, 0.2) is 0 Å². The first-order valence-corrected chi connectivity index (χ1v) is 4.93. The minimum atomic E-state index is 0.291. The van der Waals surface area contributed by atoms with Gasteiger partial charge in [-0.1, -0.05) is 0 Å². The van der Waals surface area contributed by atoms with E-state index in [9.17, 15) is 0 Å². The lowest BCUT2D eigenvalue weighted by molar-refractivity contribution is 0.178. The van der Waals surface area contributed by atoms with Gasteiger partial charge in [0.1, 0.15) is 0 Å². The number of nitrogens with zero attached hydrogens (tertiary/aromatic N) is 1. The van der Waals surface area contributed by atoms with Gasteiger partial charge in [-0.05, 0) is 38.8 Å². The van der Waals surface area contributed by atoms with Crippen molar-refractivity contribution in [3.8, 4) is 0 Å². The molecule has 0 aromatic rings. The highest BCUT2D eigenvalue weighted by Crippen LogP contribution is 2.20. The fourth-order valence-electron chi connectivity index (χ4n) is 2.00. The Balaban J connectivity index is 2.20. The van der Waals surface area contributed by atoms with Gasteiger partial charge in [-0.15, -0.1) is 0 Å². The predicted molar refractivity (Wildman–Crippen MR) is 50.0 cm³/mol. The van der Waals surface area contributed by atoms with E-state index < -0.39 is 0 Å². The minimum Gasteiger partial charge on any atom is -0.395 e. The zero-order valence-electron chi connectivity index (χ0n) is 7.71. The first-order valence-electron chi connectivity index (χ1n) is 4.93. The standard InChI is InChI=1S/C9H20N2O/c10-5-1-3-9-4-2-6-11(9)7-8-12/h9,12H,1-8,10H2. The Bertz CT molecular complexity index is 119. The van der Waals surface area contributed by atoms with Crippen molar-refractivity contribution in [3.63, 3.8) is 0 Å². The highest BCUT2D eigenvalue weighted by molar-refractivity contribution is 4.78. The Morgan fingerprint density at radius 3 is 3.00 bits per heavy atom. The van der Waals surface area contributed by atoms with Crippen molar-refractivity contribution in [1.29, 1.82) is 0 Å². The van der Waals surface area contributed by atoms with Crippen molar-refractivity contribution in [1.82, 2.24) is 4.90 Å². The fourth-order valence-corrected chi connectivity index (χ4v) is 2.00. The topological polar surface area (TPSA) is 49.5 Å². The van der Waals surface area contributed by atoms with Crippen LogP contribution in [0.1, 0.15) is 25.7 Å². The van der Waals surface area contributed by atoms with Gasteiger partial charge in [-0.25, -0.2) is 0 Å². The third-order valence-electron chi connectivity index (χ3n) is 2.63. The van der Waals surface area contributed by atoms with Crippen LogP contribution in [0.4, 0.5) is 0 Å². The normalized spacial score (nSPS) is 25.0. The summed E-state index contributed by atoms with van der Waals surface area (Å²) in [6, 6.07) is 0.695. The summed E-state index contributed by atoms with van der Waals surface area (Å²) in [4.78, 5) is 2.38. The molecule has 0 aliphatic carbocycles. The van der Waals surface area contributed by atoms with Gasteiger partial charge in [0.05, 0.1) is 6.61 Å². The third-order valence-corrected chi connectivity index (χ3v) is 2.63. The molecular weight excluding hydrogens is 152 g/mol. The smallest absolute Gasteiger partial charge is 0.0558 e. The van der Waals surface area contributed by atoms with E-state index in [0.717, 1.165) is 26.1 Å². The number of hydrogen-bond donors (Lipinski definition) is 2. The lowest BCUT2D eigenvalue weighted by atomic mass is 10.1. The van der Waals surface area contributed by atoms with Gasteiger partial charge in [0.25, 0.3) is 0 Å². The van der Waals surface area contributed by atoms with E-state index in [1.807, 2.05) is 0 Å². The van der Waals surface area contributed by atoms with Gasteiger partial charge in [-0.2, -0.15) is 0 Å². The summed E-state index contributed by atoms with van der Waals surface area (Å²) < 4.78 is 0. The molecule has 1 aliphatic heterocycles. The van der Waals surface area contributed by atoms with Crippen LogP contribution in [0.2, 0.25) is 0 Å². The molecule has 1 unspecified atom stereocenters. The van der Waals surface area contributed by atoms with Gasteiger partial charge < -0.3 is 10.8 Å². The van der Waals surface area contributed by atoms with E-state index in [1.54, 1.807) is 0 Å². The van der Waals surface area contributed by atoms with Gasteiger partial charge in [-0.3, -0.25) is 4.90 Å². The van der Waals surface area contributed by atoms with Crippen LogP contribution >= 0.6 is 0 Å². The van der Waals surface area contributed by atoms with E-state index in [4.69, 9.17) is 10.8 Å². The van der Waals surface area contributed by atoms with E-state index >= 15 is 0 Å². The molecule has 3 nitrogen and oxygen atoms in total. The Kier molecular flexibility index (Phi) is 4.58. The molecule has 1 heterocycles. The number of nitrogens with two attached hydrogens (primary N) is 1. The van der Waals surface area contributed by atoms with E-state index in [-0.39, 0.29) is 0 Å². The Morgan fingerprint density at radius 1 is 1.50 bits per heavy atom. The van der Waals surface area contributed by atoms with Crippen LogP contribution in [-0.2, 0) is 0 Å². The lowest BCUT2D eigenvalue weighted by Crippen LogP contribution is -2.32. The Morgan fingerprint density at radius 2 is 2.33 bits per heavy atom. The molecule has 12 heavy (non-hydrogen) atoms. The molecule has 3 N–H and O–H groups in total. The van der Waals surface area contributed by atoms with Crippen molar-refractivity contribution in [3.05, 3.63) is 0 Å². The molecule has 0 amide bonds. The average molecular weight is 172 g/mol. The van der Waals surface area contributed by atoms with Gasteiger partial charge in [0.15, 0.2) is 0 Å². The summed E-state index contributed by atoms with van der Waals surface area (Å²) in [6.07, 6.45) is 4.90. The molecule has 72 valence electrons. The lowest BCUT2D eigenvalue weighted by Gasteiger charge is -2.22. The molecule has 1 rings (SSSR count). The maximum atomic E-state index is 8.80. The predicted octanol–water partition coefficient (Wildman–Crippen LogP) is 0.182. The van der Waals surface area contributed by atoms with Crippen LogP contribution in [0.25, 0.3) is 0 Å². The number of aliphatic hydroxyl groups excluding tert-OH is 1. The zero-order valence-corrected chi connectivity index (χ0v) is 7.71. The molecule has 0 aromatic carbocycles. The van der Waals surface area contributed by atoms with Crippen molar-refractivity contribution in [2.75, 3.05) is 26.2 Å². The van der Waals surface area contributed by atoms with Crippen molar-refractivity contribution < 1.29 is 5.11 Å². The number of aliphatic hydroxyl groups is 1. The second-order valence-electron chi connectivity index (χ2n) is 3.49. The first-order chi connectivity index (χ1) is 5.88. The number of rotatable bonds is 5. The summed E-state index contributed by atoms with van der Waals surface area (Å²) in [5.74, 6) is 0. The van der Waals surface area contributed by atoms with E-state index in [2.05, 4.69) is 4.90 Å². The summed E-state index contributed by atoms with van der Waals surface area (Å²) in [5.41, 5.74) is 5.46. The SMILES string of the molecule is NCCCC1CCCN1CCO. The molecule has 1 atom stereocenters. The summed E-state index contributed by atoms with van der Waals surface area (Å²) in [6.45, 7) is 3.09. The second-order valence-corrected chi connectivity index (χ2v) is 3.49. The molecule has 0 saturated carbocycles. The van der Waals surface area contributed by atoms with E-state index in [0.29, 0.717) is 12.6 Å². The molecule has 0 bridgehead atoms. The second kappa shape index (κ2) is 5.51. The minimum absolute atomic E-state index is 0.291. The largest absolute Gasteiger partial charge is 0.395 e. The Hall–Kier alpha value is -0.120. The monoisotopic (exact) mass is 172 g/mol. The molecule has 0 radical (unpaired) electrons. The van der Waals surface area contributed by atoms with Gasteiger partial charge >= 0.3 is 0 Å². The molecule has 1 saturated heterocycles. The molecule has 1 fully saturated rings. The number of likely N-dealkylation sites (tertiary alicyclic amines) is 1. The van der Waals surface area contributed by atoms with Crippen molar-refractivity contribution in [2.24, 2.45) is 5.73 Å². The van der Waals surface area contributed by atoms with Gasteiger partial charge in [0.2, 0.25) is 0 Å². The number of hydrogen-bond acceptors (Lipinski definition) is 3. The molecular formula is C9H20N2O. The summed E-state index contributed by atoms with van der Waals surface area (Å²) >= 11 is 0. The molecule has 0 spiro atoms. The van der Waals surface area contributed by atoms with Crippen molar-refractivity contribution >= 4 is 0 Å². The molecule has 0 aromatic heterocycles. The maximum Gasteiger partial charge on any atom is 0.0558 e. The molecule has 1 aliphatic rings. The van der Waals surface area contributed by atoms with Crippen molar-refractivity contribution in [2.45, 2.75) is 31.7 Å². The number of β-amino-alcohol motifs (C(OH)–C–C–N with tert-alkyl or cyclic N) is 1. The highest BCUT2D eigenvalue weighted by Gasteiger charge is 2.22. The fraction of sp³-hybridized carbons (Fsp3) is 1.00. The van der Waals surface area contributed by atoms with Gasteiger partial charge in [0, 0.05) is 12.6 Å². The van der Waals surface area contributed by atoms with Crippen LogP contribution in [-0.4, -0.2) is 42.3 Å². The highest BCUT2D eigenvalue weighted by atomic mass is 16.3. The molecule has 3 heteroatoms. The summed E-state index contributed by atoms with van der Waals surface area (Å²) in [7, 11) is 0. The van der Waals surface area contributed by atoms with Crippen LogP contribution in [0.3, 0.4) is 0 Å². The van der Waals surface area contributed by atoms with Crippen LogP contribution in [0.5, 0.6) is 0 Å². The summed E-state index contributed by atoms with van der Waals surface area (Å²) in [5, 5.41) is 8.80.